The Morgan fingerprint density at radius 3 is 2.26 bits per heavy atom. The molecule has 0 saturated heterocycles. The highest BCUT2D eigenvalue weighted by Crippen LogP contribution is 2.46. The molecule has 0 aromatic heterocycles. The Labute approximate surface area is 182 Å². The molecular formula is C25H30O6. The molecule has 6 heteroatoms. The lowest BCUT2D eigenvalue weighted by Crippen LogP contribution is -2.34. The van der Waals surface area contributed by atoms with Crippen LogP contribution in [0, 0.1) is 0 Å². The SMILES string of the molecule is CC(=O)Oc1cc(OCC(O)c2ccc3c(c2)C(C)(C)CCC3(C)C)ccc1C(=O)O. The molecule has 0 bridgehead atoms. The third kappa shape index (κ3) is 4.90. The van der Waals surface area contributed by atoms with E-state index in [0.717, 1.165) is 18.4 Å². The van der Waals surface area contributed by atoms with E-state index in [2.05, 4.69) is 39.8 Å². The molecule has 1 aliphatic rings. The number of fused-ring (bicyclic) bond motifs is 1. The summed E-state index contributed by atoms with van der Waals surface area (Å²) in [5.41, 5.74) is 3.34. The van der Waals surface area contributed by atoms with Gasteiger partial charge in [-0.2, -0.15) is 0 Å². The molecule has 0 saturated carbocycles. The summed E-state index contributed by atoms with van der Waals surface area (Å²) in [5, 5.41) is 20.0. The van der Waals surface area contributed by atoms with E-state index >= 15 is 0 Å². The van der Waals surface area contributed by atoms with E-state index in [-0.39, 0.29) is 28.7 Å². The summed E-state index contributed by atoms with van der Waals surface area (Å²) >= 11 is 0. The predicted molar refractivity (Wildman–Crippen MR) is 117 cm³/mol. The summed E-state index contributed by atoms with van der Waals surface area (Å²) < 4.78 is 10.7. The maximum absolute atomic E-state index is 11.3. The van der Waals surface area contributed by atoms with Crippen molar-refractivity contribution in [2.24, 2.45) is 0 Å². The maximum Gasteiger partial charge on any atom is 0.339 e. The molecule has 1 aliphatic carbocycles. The van der Waals surface area contributed by atoms with Crippen LogP contribution in [-0.2, 0) is 15.6 Å². The number of carbonyl (C=O) groups is 2. The largest absolute Gasteiger partial charge is 0.490 e. The number of carboxylic acid groups (broad SMARTS) is 1. The van der Waals surface area contributed by atoms with Gasteiger partial charge in [-0.1, -0.05) is 45.9 Å². The van der Waals surface area contributed by atoms with Crippen molar-refractivity contribution in [3.63, 3.8) is 0 Å². The third-order valence-electron chi connectivity index (χ3n) is 6.11. The van der Waals surface area contributed by atoms with Gasteiger partial charge < -0.3 is 19.7 Å². The number of aliphatic hydroxyl groups excluding tert-OH is 1. The van der Waals surface area contributed by atoms with E-state index in [0.29, 0.717) is 5.75 Å². The molecule has 6 nitrogen and oxygen atoms in total. The Balaban J connectivity index is 1.79. The van der Waals surface area contributed by atoms with Crippen molar-refractivity contribution in [3.05, 3.63) is 58.7 Å². The van der Waals surface area contributed by atoms with Crippen molar-refractivity contribution in [1.29, 1.82) is 0 Å². The molecule has 166 valence electrons. The van der Waals surface area contributed by atoms with E-state index in [1.165, 1.54) is 36.2 Å². The van der Waals surface area contributed by atoms with Gasteiger partial charge in [0.2, 0.25) is 0 Å². The van der Waals surface area contributed by atoms with Gasteiger partial charge in [0.15, 0.2) is 0 Å². The predicted octanol–water partition coefficient (Wildman–Crippen LogP) is 4.77. The molecule has 2 aromatic rings. The molecule has 0 fully saturated rings. The normalized spacial score (nSPS) is 17.4. The van der Waals surface area contributed by atoms with Gasteiger partial charge in [0, 0.05) is 13.0 Å². The van der Waals surface area contributed by atoms with Gasteiger partial charge in [0.25, 0.3) is 0 Å². The van der Waals surface area contributed by atoms with Crippen molar-refractivity contribution in [2.75, 3.05) is 6.61 Å². The summed E-state index contributed by atoms with van der Waals surface area (Å²) in [4.78, 5) is 22.6. The van der Waals surface area contributed by atoms with E-state index < -0.39 is 18.0 Å². The molecule has 31 heavy (non-hydrogen) atoms. The van der Waals surface area contributed by atoms with E-state index in [1.807, 2.05) is 6.07 Å². The molecule has 1 atom stereocenters. The molecule has 0 aliphatic heterocycles. The Morgan fingerprint density at radius 2 is 1.65 bits per heavy atom. The van der Waals surface area contributed by atoms with E-state index in [1.54, 1.807) is 0 Å². The second-order valence-corrected chi connectivity index (χ2v) is 9.46. The molecular weight excluding hydrogens is 396 g/mol. The van der Waals surface area contributed by atoms with Crippen molar-refractivity contribution in [2.45, 2.75) is 64.4 Å². The number of carbonyl (C=O) groups excluding carboxylic acids is 1. The minimum atomic E-state index is -1.21. The summed E-state index contributed by atoms with van der Waals surface area (Å²) in [6.07, 6.45) is 1.34. The summed E-state index contributed by atoms with van der Waals surface area (Å²) in [5.74, 6) is -1.62. The minimum absolute atomic E-state index is 0.0193. The Hall–Kier alpha value is -2.86. The minimum Gasteiger partial charge on any atom is -0.490 e. The second kappa shape index (κ2) is 8.35. The zero-order valence-electron chi connectivity index (χ0n) is 18.7. The Kier molecular flexibility index (Phi) is 6.14. The van der Waals surface area contributed by atoms with Gasteiger partial charge in [0.1, 0.15) is 29.8 Å². The van der Waals surface area contributed by atoms with Crippen LogP contribution >= 0.6 is 0 Å². The molecule has 0 spiro atoms. The molecule has 0 amide bonds. The average Bonchev–Trinajstić information content (AvgIpc) is 2.69. The Bertz CT molecular complexity index is 1010. The molecule has 1 unspecified atom stereocenters. The first kappa shape index (κ1) is 22.8. The first-order chi connectivity index (χ1) is 14.4. The van der Waals surface area contributed by atoms with Crippen LogP contribution in [0.3, 0.4) is 0 Å². The molecule has 2 N–H and O–H groups in total. The zero-order valence-corrected chi connectivity index (χ0v) is 18.7. The third-order valence-corrected chi connectivity index (χ3v) is 6.11. The first-order valence-corrected chi connectivity index (χ1v) is 10.4. The van der Waals surface area contributed by atoms with Crippen LogP contribution in [0.15, 0.2) is 36.4 Å². The topological polar surface area (TPSA) is 93.1 Å². The number of benzene rings is 2. The molecule has 3 rings (SSSR count). The number of hydrogen-bond donors (Lipinski definition) is 2. The van der Waals surface area contributed by atoms with Crippen molar-refractivity contribution in [3.8, 4) is 11.5 Å². The van der Waals surface area contributed by atoms with Crippen LogP contribution < -0.4 is 9.47 Å². The highest BCUT2D eigenvalue weighted by molar-refractivity contribution is 5.92. The average molecular weight is 427 g/mol. The summed E-state index contributed by atoms with van der Waals surface area (Å²) in [7, 11) is 0. The van der Waals surface area contributed by atoms with Gasteiger partial charge in [-0.05, 0) is 52.5 Å². The van der Waals surface area contributed by atoms with Crippen molar-refractivity contribution < 1.29 is 29.3 Å². The van der Waals surface area contributed by atoms with Crippen LogP contribution in [0.2, 0.25) is 0 Å². The lowest BCUT2D eigenvalue weighted by atomic mass is 9.63. The summed E-state index contributed by atoms with van der Waals surface area (Å²) in [6.45, 7) is 10.1. The van der Waals surface area contributed by atoms with Crippen molar-refractivity contribution in [1.82, 2.24) is 0 Å². The number of aromatic carboxylic acids is 1. The van der Waals surface area contributed by atoms with Gasteiger partial charge in [-0.25, -0.2) is 4.79 Å². The van der Waals surface area contributed by atoms with Crippen LogP contribution in [-0.4, -0.2) is 28.8 Å². The quantitative estimate of drug-likeness (QED) is 0.510. The first-order valence-electron chi connectivity index (χ1n) is 10.4. The fourth-order valence-electron chi connectivity index (χ4n) is 4.09. The van der Waals surface area contributed by atoms with Crippen molar-refractivity contribution >= 4 is 11.9 Å². The zero-order chi connectivity index (χ0) is 23.0. The number of aliphatic hydroxyl groups is 1. The smallest absolute Gasteiger partial charge is 0.339 e. The van der Waals surface area contributed by atoms with Gasteiger partial charge >= 0.3 is 11.9 Å². The van der Waals surface area contributed by atoms with Crippen LogP contribution in [0.25, 0.3) is 0 Å². The highest BCUT2D eigenvalue weighted by Gasteiger charge is 2.37. The number of hydrogen-bond acceptors (Lipinski definition) is 5. The fraction of sp³-hybridized carbons (Fsp3) is 0.440. The second-order valence-electron chi connectivity index (χ2n) is 9.46. The Morgan fingerprint density at radius 1 is 1.00 bits per heavy atom. The van der Waals surface area contributed by atoms with Crippen LogP contribution in [0.4, 0.5) is 0 Å². The van der Waals surface area contributed by atoms with Crippen LogP contribution in [0.5, 0.6) is 11.5 Å². The number of carboxylic acids is 1. The van der Waals surface area contributed by atoms with Gasteiger partial charge in [-0.15, -0.1) is 0 Å². The lowest BCUT2D eigenvalue weighted by Gasteiger charge is -2.42. The standard InChI is InChI=1S/C25H30O6/c1-15(26)31-22-13-17(7-8-18(22)23(28)29)30-14-21(27)16-6-9-19-20(12-16)25(4,5)11-10-24(19,2)3/h6-9,12-13,21,27H,10-11,14H2,1-5H3,(H,28,29). The molecule has 0 radical (unpaired) electrons. The van der Waals surface area contributed by atoms with E-state index in [4.69, 9.17) is 9.47 Å². The van der Waals surface area contributed by atoms with Gasteiger partial charge in [-0.3, -0.25) is 4.79 Å². The monoisotopic (exact) mass is 426 g/mol. The molecule has 2 aromatic carbocycles. The number of esters is 1. The fourth-order valence-corrected chi connectivity index (χ4v) is 4.09. The molecule has 0 heterocycles. The highest BCUT2D eigenvalue weighted by atomic mass is 16.5. The lowest BCUT2D eigenvalue weighted by molar-refractivity contribution is -0.131. The van der Waals surface area contributed by atoms with E-state index in [9.17, 15) is 19.8 Å². The van der Waals surface area contributed by atoms with Gasteiger partial charge in [0.05, 0.1) is 0 Å². The summed E-state index contributed by atoms with van der Waals surface area (Å²) in [6, 6.07) is 10.2. The number of rotatable bonds is 6. The number of ether oxygens (including phenoxy) is 2. The maximum atomic E-state index is 11.3. The van der Waals surface area contributed by atoms with Crippen LogP contribution in [0.1, 0.15) is 80.6 Å².